The highest BCUT2D eigenvalue weighted by Crippen LogP contribution is 2.46. The minimum absolute atomic E-state index is 0.0972. The summed E-state index contributed by atoms with van der Waals surface area (Å²) in [6, 6.07) is 0. The fraction of sp³-hybridized carbons (Fsp3) is 0.969. The minimum Gasteiger partial charge on any atom is -0.465 e. The number of aliphatic hydroxyl groups is 1. The van der Waals surface area contributed by atoms with Crippen molar-refractivity contribution in [2.75, 3.05) is 13.2 Å². The van der Waals surface area contributed by atoms with Gasteiger partial charge in [-0.25, -0.2) is 0 Å². The van der Waals surface area contributed by atoms with Gasteiger partial charge in [0.15, 0.2) is 0 Å². The van der Waals surface area contributed by atoms with Crippen molar-refractivity contribution in [2.24, 2.45) is 46.8 Å². The molecule has 0 aliphatic heterocycles. The first-order chi connectivity index (χ1) is 16.8. The predicted molar refractivity (Wildman–Crippen MR) is 146 cm³/mol. The molecule has 3 saturated carbocycles. The number of ether oxygens (including phenoxy) is 1. The molecule has 3 fully saturated rings. The van der Waals surface area contributed by atoms with Crippen molar-refractivity contribution >= 4 is 5.97 Å². The van der Waals surface area contributed by atoms with Crippen LogP contribution in [0.25, 0.3) is 0 Å². The molecule has 0 radical (unpaired) electrons. The van der Waals surface area contributed by atoms with E-state index in [1.54, 1.807) is 0 Å². The molecule has 0 heterocycles. The zero-order chi connectivity index (χ0) is 25.3. The number of rotatable bonds is 11. The van der Waals surface area contributed by atoms with Gasteiger partial charge >= 0.3 is 5.97 Å². The first-order valence-electron chi connectivity index (χ1n) is 15.6. The third kappa shape index (κ3) is 9.35. The Hall–Kier alpha value is -0.570. The maximum Gasteiger partial charge on any atom is 0.311 e. The van der Waals surface area contributed by atoms with E-state index in [9.17, 15) is 9.90 Å². The summed E-state index contributed by atoms with van der Waals surface area (Å²) in [6.07, 6.45) is 24.2. The molecular weight excluding hydrogens is 432 g/mol. The SMILES string of the molecule is CCCCCC1CCC(C2CCC(C3CCC(CC(CO)COC(=O)C(C)(C)C)CC3)CC2)CC1. The Labute approximate surface area is 217 Å². The number of carbonyl (C=O) groups is 1. The van der Waals surface area contributed by atoms with E-state index in [-0.39, 0.29) is 18.5 Å². The lowest BCUT2D eigenvalue weighted by atomic mass is 9.64. The zero-order valence-electron chi connectivity index (χ0n) is 23.7. The highest BCUT2D eigenvalue weighted by Gasteiger charge is 2.35. The van der Waals surface area contributed by atoms with Crippen LogP contribution in [0.15, 0.2) is 0 Å². The highest BCUT2D eigenvalue weighted by molar-refractivity contribution is 5.75. The topological polar surface area (TPSA) is 46.5 Å². The van der Waals surface area contributed by atoms with E-state index in [1.165, 1.54) is 103 Å². The standard InChI is InChI=1S/C32H58O3/c1-5-6-7-8-24-9-13-27(14-10-24)29-17-19-30(20-18-29)28-15-11-25(12-16-28)21-26(22-33)23-35-31(34)32(2,3)4/h24-30,33H,5-23H2,1-4H3. The molecule has 1 N–H and O–H groups in total. The Balaban J connectivity index is 1.31. The smallest absolute Gasteiger partial charge is 0.311 e. The molecule has 0 aromatic heterocycles. The van der Waals surface area contributed by atoms with Gasteiger partial charge in [-0.05, 0) is 114 Å². The summed E-state index contributed by atoms with van der Waals surface area (Å²) in [5, 5.41) is 9.83. The number of hydrogen-bond donors (Lipinski definition) is 1. The molecule has 3 rings (SSSR count). The molecule has 35 heavy (non-hydrogen) atoms. The van der Waals surface area contributed by atoms with Gasteiger partial charge in [0.25, 0.3) is 0 Å². The van der Waals surface area contributed by atoms with Crippen LogP contribution >= 0.6 is 0 Å². The third-order valence-corrected chi connectivity index (χ3v) is 10.1. The average Bonchev–Trinajstić information content (AvgIpc) is 2.87. The molecule has 1 atom stereocenters. The van der Waals surface area contributed by atoms with Crippen molar-refractivity contribution in [2.45, 2.75) is 137 Å². The molecule has 0 bridgehead atoms. The second kappa shape index (κ2) is 14.4. The van der Waals surface area contributed by atoms with Crippen LogP contribution in [0.2, 0.25) is 0 Å². The van der Waals surface area contributed by atoms with Gasteiger partial charge in [-0.2, -0.15) is 0 Å². The van der Waals surface area contributed by atoms with Gasteiger partial charge in [0, 0.05) is 12.5 Å². The highest BCUT2D eigenvalue weighted by atomic mass is 16.5. The molecule has 0 saturated heterocycles. The molecule has 1 unspecified atom stereocenters. The van der Waals surface area contributed by atoms with E-state index < -0.39 is 5.41 Å². The van der Waals surface area contributed by atoms with E-state index in [4.69, 9.17) is 4.74 Å². The normalized spacial score (nSPS) is 33.3. The second-order valence-corrected chi connectivity index (χ2v) is 13.9. The molecule has 3 aliphatic carbocycles. The number of aliphatic hydroxyl groups excluding tert-OH is 1. The third-order valence-electron chi connectivity index (χ3n) is 10.1. The van der Waals surface area contributed by atoms with Crippen LogP contribution in [0, 0.1) is 46.8 Å². The second-order valence-electron chi connectivity index (χ2n) is 13.9. The summed E-state index contributed by atoms with van der Waals surface area (Å²) < 4.78 is 5.51. The predicted octanol–water partition coefficient (Wildman–Crippen LogP) is 8.57. The van der Waals surface area contributed by atoms with E-state index in [0.29, 0.717) is 12.5 Å². The van der Waals surface area contributed by atoms with Crippen LogP contribution in [0.1, 0.15) is 137 Å². The Kier molecular flexibility index (Phi) is 11.9. The van der Waals surface area contributed by atoms with E-state index in [0.717, 1.165) is 36.0 Å². The summed E-state index contributed by atoms with van der Waals surface area (Å²) in [6.45, 7) is 8.48. The van der Waals surface area contributed by atoms with Gasteiger partial charge in [-0.15, -0.1) is 0 Å². The molecule has 3 aliphatic rings. The van der Waals surface area contributed by atoms with E-state index in [1.807, 2.05) is 20.8 Å². The molecule has 3 heteroatoms. The van der Waals surface area contributed by atoms with E-state index in [2.05, 4.69) is 6.92 Å². The first-order valence-corrected chi connectivity index (χ1v) is 15.6. The summed E-state index contributed by atoms with van der Waals surface area (Å²) in [5.74, 6) is 5.65. The van der Waals surface area contributed by atoms with Crippen molar-refractivity contribution in [3.05, 3.63) is 0 Å². The van der Waals surface area contributed by atoms with Crippen molar-refractivity contribution in [3.63, 3.8) is 0 Å². The molecule has 204 valence electrons. The number of carbonyl (C=O) groups excluding carboxylic acids is 1. The van der Waals surface area contributed by atoms with Crippen LogP contribution in [0.5, 0.6) is 0 Å². The summed E-state index contributed by atoms with van der Waals surface area (Å²) in [7, 11) is 0. The molecule has 0 amide bonds. The van der Waals surface area contributed by atoms with Crippen LogP contribution in [-0.2, 0) is 9.53 Å². The van der Waals surface area contributed by atoms with E-state index >= 15 is 0 Å². The lowest BCUT2D eigenvalue weighted by molar-refractivity contribution is -0.155. The van der Waals surface area contributed by atoms with Crippen LogP contribution in [0.3, 0.4) is 0 Å². The number of hydrogen-bond acceptors (Lipinski definition) is 3. The Morgan fingerprint density at radius 3 is 1.66 bits per heavy atom. The molecule has 0 aromatic carbocycles. The lowest BCUT2D eigenvalue weighted by Gasteiger charge is -2.41. The Morgan fingerprint density at radius 1 is 0.771 bits per heavy atom. The number of unbranched alkanes of at least 4 members (excludes halogenated alkanes) is 2. The largest absolute Gasteiger partial charge is 0.465 e. The average molecular weight is 491 g/mol. The Morgan fingerprint density at radius 2 is 1.23 bits per heavy atom. The van der Waals surface area contributed by atoms with Crippen molar-refractivity contribution in [1.29, 1.82) is 0 Å². The minimum atomic E-state index is -0.468. The summed E-state index contributed by atoms with van der Waals surface area (Å²) in [5.41, 5.74) is -0.468. The molecule has 0 spiro atoms. The fourth-order valence-corrected chi connectivity index (χ4v) is 7.69. The van der Waals surface area contributed by atoms with Gasteiger partial charge in [-0.3, -0.25) is 4.79 Å². The maximum absolute atomic E-state index is 12.1. The quantitative estimate of drug-likeness (QED) is 0.233. The van der Waals surface area contributed by atoms with Gasteiger partial charge in [0.2, 0.25) is 0 Å². The van der Waals surface area contributed by atoms with Crippen molar-refractivity contribution in [3.8, 4) is 0 Å². The van der Waals surface area contributed by atoms with Gasteiger partial charge in [-0.1, -0.05) is 58.3 Å². The molecular formula is C32H58O3. The molecule has 3 nitrogen and oxygen atoms in total. The summed E-state index contributed by atoms with van der Waals surface area (Å²) in [4.78, 5) is 12.1. The van der Waals surface area contributed by atoms with Gasteiger partial charge in [0.1, 0.15) is 0 Å². The lowest BCUT2D eigenvalue weighted by Crippen LogP contribution is -2.31. The van der Waals surface area contributed by atoms with Gasteiger partial charge in [0.05, 0.1) is 12.0 Å². The first kappa shape index (κ1) is 29.0. The van der Waals surface area contributed by atoms with Crippen molar-refractivity contribution < 1.29 is 14.6 Å². The van der Waals surface area contributed by atoms with Crippen LogP contribution in [0.4, 0.5) is 0 Å². The van der Waals surface area contributed by atoms with Crippen molar-refractivity contribution in [1.82, 2.24) is 0 Å². The molecule has 0 aromatic rings. The maximum atomic E-state index is 12.1. The van der Waals surface area contributed by atoms with Crippen LogP contribution in [-0.4, -0.2) is 24.3 Å². The Bertz CT molecular complexity index is 584. The van der Waals surface area contributed by atoms with Gasteiger partial charge < -0.3 is 9.84 Å². The number of esters is 1. The monoisotopic (exact) mass is 490 g/mol. The fourth-order valence-electron chi connectivity index (χ4n) is 7.69. The summed E-state index contributed by atoms with van der Waals surface area (Å²) >= 11 is 0. The zero-order valence-corrected chi connectivity index (χ0v) is 23.7. The van der Waals surface area contributed by atoms with Crippen LogP contribution < -0.4 is 0 Å².